The molecule has 0 aliphatic carbocycles. The topological polar surface area (TPSA) is 95.8 Å². The Kier molecular flexibility index (Phi) is 5.04. The SMILES string of the molecule is O=C(c1ccc2cc(Oc3ccc(C(F)(F)F)cn3)ccc2n1)N1C[C@@H](O)[C@H](O)C1. The van der Waals surface area contributed by atoms with E-state index in [9.17, 15) is 28.2 Å². The average molecular weight is 419 g/mol. The first kappa shape index (κ1) is 20.0. The van der Waals surface area contributed by atoms with Gasteiger partial charge < -0.3 is 19.8 Å². The predicted octanol–water partition coefficient (Wildman–Crippen LogP) is 2.62. The van der Waals surface area contributed by atoms with Crippen LogP contribution in [0.3, 0.4) is 0 Å². The highest BCUT2D eigenvalue weighted by Crippen LogP contribution is 2.30. The summed E-state index contributed by atoms with van der Waals surface area (Å²) in [6.45, 7) is 0.0687. The zero-order valence-electron chi connectivity index (χ0n) is 15.4. The molecule has 156 valence electrons. The minimum absolute atomic E-state index is 0.00764. The summed E-state index contributed by atoms with van der Waals surface area (Å²) in [5.41, 5.74) is -0.191. The van der Waals surface area contributed by atoms with Gasteiger partial charge in [-0.15, -0.1) is 0 Å². The van der Waals surface area contributed by atoms with Gasteiger partial charge in [0.2, 0.25) is 5.88 Å². The number of aromatic nitrogens is 2. The van der Waals surface area contributed by atoms with Gasteiger partial charge in [-0.1, -0.05) is 6.07 Å². The highest BCUT2D eigenvalue weighted by Gasteiger charge is 2.33. The number of carbonyl (C=O) groups is 1. The van der Waals surface area contributed by atoms with Crippen molar-refractivity contribution in [1.82, 2.24) is 14.9 Å². The number of amides is 1. The summed E-state index contributed by atoms with van der Waals surface area (Å²) in [5, 5.41) is 19.9. The molecule has 1 aromatic carbocycles. The number of nitrogens with zero attached hydrogens (tertiary/aromatic N) is 3. The van der Waals surface area contributed by atoms with Crippen molar-refractivity contribution in [2.45, 2.75) is 18.4 Å². The number of alkyl halides is 3. The van der Waals surface area contributed by atoms with E-state index in [4.69, 9.17) is 4.74 Å². The minimum atomic E-state index is -4.47. The van der Waals surface area contributed by atoms with E-state index in [0.717, 1.165) is 12.1 Å². The Bertz CT molecular complexity index is 1080. The van der Waals surface area contributed by atoms with Crippen molar-refractivity contribution in [3.05, 3.63) is 59.9 Å². The second-order valence-electron chi connectivity index (χ2n) is 6.88. The highest BCUT2D eigenvalue weighted by atomic mass is 19.4. The molecule has 1 aliphatic rings. The molecule has 3 heterocycles. The van der Waals surface area contributed by atoms with Crippen molar-refractivity contribution >= 4 is 16.8 Å². The van der Waals surface area contributed by atoms with Gasteiger partial charge in [0.25, 0.3) is 5.91 Å². The number of ether oxygens (including phenoxy) is 1. The Balaban J connectivity index is 1.51. The third kappa shape index (κ3) is 4.05. The van der Waals surface area contributed by atoms with Crippen molar-refractivity contribution in [3.8, 4) is 11.6 Å². The number of aliphatic hydroxyl groups is 2. The van der Waals surface area contributed by atoms with E-state index in [0.29, 0.717) is 22.8 Å². The lowest BCUT2D eigenvalue weighted by Gasteiger charge is -2.15. The Morgan fingerprint density at radius 1 is 1.07 bits per heavy atom. The maximum Gasteiger partial charge on any atom is 0.417 e. The molecule has 10 heteroatoms. The predicted molar refractivity (Wildman–Crippen MR) is 99.0 cm³/mol. The number of aliphatic hydroxyl groups excluding tert-OH is 2. The number of benzene rings is 1. The summed E-state index contributed by atoms with van der Waals surface area (Å²) in [4.78, 5) is 21.8. The molecule has 1 fully saturated rings. The smallest absolute Gasteiger partial charge is 0.417 e. The number of β-amino-alcohol motifs (C(OH)–C–C–N with tert-alkyl or cyclic N) is 2. The molecular formula is C20H16F3N3O4. The summed E-state index contributed by atoms with van der Waals surface area (Å²) in [7, 11) is 0. The second-order valence-corrected chi connectivity index (χ2v) is 6.88. The first-order chi connectivity index (χ1) is 14.2. The van der Waals surface area contributed by atoms with E-state index in [2.05, 4.69) is 9.97 Å². The zero-order chi connectivity index (χ0) is 21.5. The van der Waals surface area contributed by atoms with Crippen molar-refractivity contribution in [2.24, 2.45) is 0 Å². The Morgan fingerprint density at radius 2 is 1.80 bits per heavy atom. The van der Waals surface area contributed by atoms with E-state index < -0.39 is 29.9 Å². The van der Waals surface area contributed by atoms with Crippen molar-refractivity contribution in [2.75, 3.05) is 13.1 Å². The number of halogens is 3. The van der Waals surface area contributed by atoms with Crippen LogP contribution >= 0.6 is 0 Å². The number of rotatable bonds is 3. The third-order valence-electron chi connectivity index (χ3n) is 4.71. The number of fused-ring (bicyclic) bond motifs is 1. The van der Waals surface area contributed by atoms with Gasteiger partial charge in [-0.2, -0.15) is 13.2 Å². The van der Waals surface area contributed by atoms with Gasteiger partial charge in [-0.25, -0.2) is 9.97 Å². The van der Waals surface area contributed by atoms with Crippen LogP contribution in [0.25, 0.3) is 10.9 Å². The van der Waals surface area contributed by atoms with E-state index in [1.54, 1.807) is 24.3 Å². The highest BCUT2D eigenvalue weighted by molar-refractivity contribution is 5.95. The lowest BCUT2D eigenvalue weighted by atomic mass is 10.2. The van der Waals surface area contributed by atoms with Crippen LogP contribution in [-0.2, 0) is 6.18 Å². The summed E-state index contributed by atoms with van der Waals surface area (Å²) in [6, 6.07) is 9.99. The van der Waals surface area contributed by atoms with Gasteiger partial charge in [0.1, 0.15) is 11.4 Å². The van der Waals surface area contributed by atoms with Crippen LogP contribution in [0, 0.1) is 0 Å². The number of carbonyl (C=O) groups excluding carboxylic acids is 1. The normalized spacial score (nSPS) is 19.3. The van der Waals surface area contributed by atoms with E-state index in [1.165, 1.54) is 11.0 Å². The second kappa shape index (κ2) is 7.54. The standard InChI is InChI=1S/C20H16F3N3O4/c21-20(22,23)12-2-6-18(24-8-12)30-13-3-5-14-11(7-13)1-4-15(25-14)19(29)26-9-16(27)17(28)10-26/h1-8,16-17,27-28H,9-10H2/t16-,17-/m1/s1. The lowest BCUT2D eigenvalue weighted by Crippen LogP contribution is -2.30. The maximum absolute atomic E-state index is 12.6. The van der Waals surface area contributed by atoms with Crippen LogP contribution in [0.2, 0.25) is 0 Å². The summed E-state index contributed by atoms with van der Waals surface area (Å²) < 4.78 is 43.3. The number of hydrogen-bond donors (Lipinski definition) is 2. The fourth-order valence-corrected chi connectivity index (χ4v) is 3.11. The summed E-state index contributed by atoms with van der Waals surface area (Å²) in [5.74, 6) is -0.0449. The van der Waals surface area contributed by atoms with Crippen molar-refractivity contribution < 1.29 is 32.9 Å². The van der Waals surface area contributed by atoms with Gasteiger partial charge in [-0.05, 0) is 30.3 Å². The molecule has 1 amide bonds. The third-order valence-corrected chi connectivity index (χ3v) is 4.71. The van der Waals surface area contributed by atoms with Crippen LogP contribution in [0.5, 0.6) is 11.6 Å². The van der Waals surface area contributed by atoms with Crippen LogP contribution < -0.4 is 4.74 Å². The average Bonchev–Trinajstić information content (AvgIpc) is 3.05. The summed E-state index contributed by atoms with van der Waals surface area (Å²) in [6.07, 6.45) is -5.73. The Morgan fingerprint density at radius 3 is 2.43 bits per heavy atom. The largest absolute Gasteiger partial charge is 0.439 e. The molecule has 0 radical (unpaired) electrons. The Labute approximate surface area is 168 Å². The minimum Gasteiger partial charge on any atom is -0.439 e. The van der Waals surface area contributed by atoms with Crippen LogP contribution in [0.1, 0.15) is 16.1 Å². The van der Waals surface area contributed by atoms with E-state index in [-0.39, 0.29) is 24.7 Å². The zero-order valence-corrected chi connectivity index (χ0v) is 15.4. The number of hydrogen-bond acceptors (Lipinski definition) is 6. The van der Waals surface area contributed by atoms with E-state index in [1.807, 2.05) is 0 Å². The van der Waals surface area contributed by atoms with E-state index >= 15 is 0 Å². The molecule has 1 saturated heterocycles. The van der Waals surface area contributed by atoms with Gasteiger partial charge in [0, 0.05) is 30.7 Å². The fraction of sp³-hybridized carbons (Fsp3) is 0.250. The molecule has 2 atom stereocenters. The van der Waals surface area contributed by atoms with Crippen LogP contribution in [0.4, 0.5) is 13.2 Å². The Hall–Kier alpha value is -3.24. The van der Waals surface area contributed by atoms with Gasteiger partial charge in [-0.3, -0.25) is 4.79 Å². The molecule has 4 rings (SSSR count). The summed E-state index contributed by atoms with van der Waals surface area (Å²) >= 11 is 0. The molecule has 0 unspecified atom stereocenters. The number of pyridine rings is 2. The molecule has 3 aromatic rings. The molecule has 1 aliphatic heterocycles. The monoisotopic (exact) mass is 419 g/mol. The molecule has 0 spiro atoms. The van der Waals surface area contributed by atoms with Crippen molar-refractivity contribution in [3.63, 3.8) is 0 Å². The molecule has 7 nitrogen and oxygen atoms in total. The van der Waals surface area contributed by atoms with Gasteiger partial charge >= 0.3 is 6.18 Å². The number of likely N-dealkylation sites (tertiary alicyclic amines) is 1. The molecule has 0 bridgehead atoms. The van der Waals surface area contributed by atoms with Gasteiger partial charge in [0.15, 0.2) is 0 Å². The molecule has 30 heavy (non-hydrogen) atoms. The molecule has 0 saturated carbocycles. The first-order valence-electron chi connectivity index (χ1n) is 8.98. The lowest BCUT2D eigenvalue weighted by molar-refractivity contribution is -0.137. The fourth-order valence-electron chi connectivity index (χ4n) is 3.11. The molecule has 2 N–H and O–H groups in total. The van der Waals surface area contributed by atoms with Crippen molar-refractivity contribution in [1.29, 1.82) is 0 Å². The quantitative estimate of drug-likeness (QED) is 0.678. The first-order valence-corrected chi connectivity index (χ1v) is 8.98. The molecular weight excluding hydrogens is 403 g/mol. The van der Waals surface area contributed by atoms with Crippen LogP contribution in [0.15, 0.2) is 48.7 Å². The maximum atomic E-state index is 12.6. The molecule has 2 aromatic heterocycles. The van der Waals surface area contributed by atoms with Crippen LogP contribution in [-0.4, -0.2) is 56.3 Å². The van der Waals surface area contributed by atoms with Gasteiger partial charge in [0.05, 0.1) is 23.3 Å².